The highest BCUT2D eigenvalue weighted by Gasteiger charge is 2.30. The lowest BCUT2D eigenvalue weighted by atomic mass is 10.1. The van der Waals surface area contributed by atoms with Crippen LogP contribution in [0.15, 0.2) is 36.4 Å². The Labute approximate surface area is 85.2 Å². The molecule has 1 aromatic carbocycles. The fourth-order valence-corrected chi connectivity index (χ4v) is 1.46. The Hall–Kier alpha value is -1.29. The number of alkyl halides is 3. The lowest BCUT2D eigenvalue weighted by molar-refractivity contribution is -0.137. The molecule has 15 heavy (non-hydrogen) atoms. The van der Waals surface area contributed by atoms with Crippen LogP contribution in [0, 0.1) is 0 Å². The molecule has 1 aliphatic heterocycles. The molecule has 0 saturated carbocycles. The van der Waals surface area contributed by atoms with Crippen LogP contribution in [0.25, 0.3) is 0 Å². The molecule has 1 aliphatic rings. The second-order valence-corrected chi connectivity index (χ2v) is 3.30. The summed E-state index contributed by atoms with van der Waals surface area (Å²) < 4.78 is 42.0. The van der Waals surface area contributed by atoms with E-state index in [1.165, 1.54) is 12.1 Å². The van der Waals surface area contributed by atoms with Gasteiger partial charge in [-0.05, 0) is 17.7 Å². The molecule has 1 aromatic rings. The summed E-state index contributed by atoms with van der Waals surface area (Å²) in [5.74, 6) is 0. The van der Waals surface area contributed by atoms with Crippen LogP contribution in [0.5, 0.6) is 0 Å². The highest BCUT2D eigenvalue weighted by atomic mass is 19.4. The molecular formula is C11H9F3O. The van der Waals surface area contributed by atoms with Crippen molar-refractivity contribution in [1.82, 2.24) is 0 Å². The normalized spacial score (nSPS) is 20.9. The maximum Gasteiger partial charge on any atom is 0.416 e. The minimum atomic E-state index is -4.27. The molecule has 4 heteroatoms. The zero-order valence-electron chi connectivity index (χ0n) is 7.79. The molecule has 0 bridgehead atoms. The number of hydrogen-bond donors (Lipinski definition) is 0. The molecule has 0 spiro atoms. The largest absolute Gasteiger partial charge is 0.416 e. The van der Waals surface area contributed by atoms with Gasteiger partial charge in [-0.2, -0.15) is 13.2 Å². The molecule has 0 aliphatic carbocycles. The lowest BCUT2D eigenvalue weighted by Crippen LogP contribution is -2.05. The molecule has 1 heterocycles. The van der Waals surface area contributed by atoms with Crippen molar-refractivity contribution < 1.29 is 17.9 Å². The van der Waals surface area contributed by atoms with E-state index in [4.69, 9.17) is 4.74 Å². The Morgan fingerprint density at radius 3 is 2.27 bits per heavy atom. The first kappa shape index (κ1) is 10.2. The molecule has 0 aromatic heterocycles. The summed E-state index contributed by atoms with van der Waals surface area (Å²) in [6.45, 7) is 0.520. The maximum absolute atomic E-state index is 12.3. The second-order valence-electron chi connectivity index (χ2n) is 3.30. The topological polar surface area (TPSA) is 9.23 Å². The van der Waals surface area contributed by atoms with Gasteiger partial charge in [0.1, 0.15) is 6.10 Å². The van der Waals surface area contributed by atoms with E-state index in [1.54, 1.807) is 0 Å². The predicted octanol–water partition coefficient (Wildman–Crippen LogP) is 3.33. The van der Waals surface area contributed by atoms with E-state index in [9.17, 15) is 13.2 Å². The highest BCUT2D eigenvalue weighted by molar-refractivity contribution is 5.28. The molecule has 0 radical (unpaired) electrons. The van der Waals surface area contributed by atoms with E-state index in [-0.39, 0.29) is 6.10 Å². The van der Waals surface area contributed by atoms with E-state index < -0.39 is 11.7 Å². The number of benzene rings is 1. The Morgan fingerprint density at radius 2 is 1.80 bits per heavy atom. The fourth-order valence-electron chi connectivity index (χ4n) is 1.46. The molecule has 0 N–H and O–H groups in total. The molecule has 1 unspecified atom stereocenters. The standard InChI is InChI=1S/C11H9F3O/c12-11(13,14)9-5-3-8(4-6-9)10-2-1-7-15-10/h1-6,10H,7H2. The first-order valence-electron chi connectivity index (χ1n) is 4.53. The lowest BCUT2D eigenvalue weighted by Gasteiger charge is -2.11. The summed E-state index contributed by atoms with van der Waals surface area (Å²) in [5, 5.41) is 0. The van der Waals surface area contributed by atoms with E-state index in [0.29, 0.717) is 6.61 Å². The quantitative estimate of drug-likeness (QED) is 0.651. The van der Waals surface area contributed by atoms with Crippen LogP contribution in [0.1, 0.15) is 17.2 Å². The summed E-state index contributed by atoms with van der Waals surface area (Å²) >= 11 is 0. The molecule has 1 nitrogen and oxygen atoms in total. The van der Waals surface area contributed by atoms with Gasteiger partial charge in [0.05, 0.1) is 12.2 Å². The van der Waals surface area contributed by atoms with Crippen molar-refractivity contribution in [1.29, 1.82) is 0 Å². The smallest absolute Gasteiger partial charge is 0.365 e. The molecule has 80 valence electrons. The third kappa shape index (κ3) is 2.21. The van der Waals surface area contributed by atoms with Gasteiger partial charge in [0.25, 0.3) is 0 Å². The highest BCUT2D eigenvalue weighted by Crippen LogP contribution is 2.31. The minimum absolute atomic E-state index is 0.202. The van der Waals surface area contributed by atoms with Gasteiger partial charge in [-0.25, -0.2) is 0 Å². The van der Waals surface area contributed by atoms with E-state index in [1.807, 2.05) is 12.2 Å². The van der Waals surface area contributed by atoms with Crippen LogP contribution in [-0.4, -0.2) is 6.61 Å². The van der Waals surface area contributed by atoms with Crippen LogP contribution in [0.2, 0.25) is 0 Å². The Morgan fingerprint density at radius 1 is 1.13 bits per heavy atom. The van der Waals surface area contributed by atoms with Crippen molar-refractivity contribution in [2.45, 2.75) is 12.3 Å². The summed E-state index contributed by atoms with van der Waals surface area (Å²) in [6.07, 6.45) is -0.789. The molecular weight excluding hydrogens is 205 g/mol. The molecule has 0 fully saturated rings. The third-order valence-electron chi connectivity index (χ3n) is 2.25. The minimum Gasteiger partial charge on any atom is -0.365 e. The Bertz CT molecular complexity index is 364. The van der Waals surface area contributed by atoms with E-state index in [2.05, 4.69) is 0 Å². The van der Waals surface area contributed by atoms with E-state index >= 15 is 0 Å². The van der Waals surface area contributed by atoms with Crippen molar-refractivity contribution in [3.8, 4) is 0 Å². The van der Waals surface area contributed by atoms with Crippen molar-refractivity contribution >= 4 is 0 Å². The van der Waals surface area contributed by atoms with Gasteiger partial charge in [0.15, 0.2) is 0 Å². The van der Waals surface area contributed by atoms with Gasteiger partial charge in [-0.1, -0.05) is 24.3 Å². The van der Waals surface area contributed by atoms with Crippen LogP contribution in [-0.2, 0) is 10.9 Å². The average Bonchev–Trinajstić information content (AvgIpc) is 2.69. The molecule has 0 amide bonds. The molecule has 2 rings (SSSR count). The Balaban J connectivity index is 2.20. The van der Waals surface area contributed by atoms with Crippen LogP contribution >= 0.6 is 0 Å². The third-order valence-corrected chi connectivity index (χ3v) is 2.25. The van der Waals surface area contributed by atoms with Gasteiger partial charge >= 0.3 is 6.18 Å². The number of halogens is 3. The zero-order valence-corrected chi connectivity index (χ0v) is 7.79. The van der Waals surface area contributed by atoms with Crippen LogP contribution in [0.4, 0.5) is 13.2 Å². The van der Waals surface area contributed by atoms with E-state index in [0.717, 1.165) is 17.7 Å². The summed E-state index contributed by atoms with van der Waals surface area (Å²) in [4.78, 5) is 0. The average molecular weight is 214 g/mol. The number of ether oxygens (including phenoxy) is 1. The maximum atomic E-state index is 12.3. The fraction of sp³-hybridized carbons (Fsp3) is 0.273. The van der Waals surface area contributed by atoms with Gasteiger partial charge in [0, 0.05) is 0 Å². The SMILES string of the molecule is FC(F)(F)c1ccc(C2C=CCO2)cc1. The molecule has 0 saturated heterocycles. The molecule has 1 atom stereocenters. The zero-order chi connectivity index (χ0) is 10.9. The van der Waals surface area contributed by atoms with Crippen LogP contribution in [0.3, 0.4) is 0 Å². The van der Waals surface area contributed by atoms with Gasteiger partial charge in [0.2, 0.25) is 0 Å². The second kappa shape index (κ2) is 3.70. The number of rotatable bonds is 1. The van der Waals surface area contributed by atoms with Crippen molar-refractivity contribution in [3.05, 3.63) is 47.5 Å². The van der Waals surface area contributed by atoms with Crippen molar-refractivity contribution in [2.75, 3.05) is 6.61 Å². The van der Waals surface area contributed by atoms with Gasteiger partial charge in [-0.15, -0.1) is 0 Å². The first-order chi connectivity index (χ1) is 7.07. The van der Waals surface area contributed by atoms with Gasteiger partial charge in [-0.3, -0.25) is 0 Å². The summed E-state index contributed by atoms with van der Waals surface area (Å²) in [5.41, 5.74) is 0.116. The monoisotopic (exact) mass is 214 g/mol. The van der Waals surface area contributed by atoms with Crippen molar-refractivity contribution in [3.63, 3.8) is 0 Å². The number of hydrogen-bond acceptors (Lipinski definition) is 1. The van der Waals surface area contributed by atoms with Crippen LogP contribution < -0.4 is 0 Å². The summed E-state index contributed by atoms with van der Waals surface area (Å²) in [7, 11) is 0. The van der Waals surface area contributed by atoms with Crippen molar-refractivity contribution in [2.24, 2.45) is 0 Å². The predicted molar refractivity (Wildman–Crippen MR) is 49.3 cm³/mol. The van der Waals surface area contributed by atoms with Gasteiger partial charge < -0.3 is 4.74 Å². The Kier molecular flexibility index (Phi) is 2.52. The summed E-state index contributed by atoms with van der Waals surface area (Å²) in [6, 6.07) is 5.04. The first-order valence-corrected chi connectivity index (χ1v) is 4.53.